The highest BCUT2D eigenvalue weighted by molar-refractivity contribution is 6.33. The molecule has 2 rings (SSSR count). The normalized spacial score (nSPS) is 15.6. The Hall–Kier alpha value is -1.01. The zero-order chi connectivity index (χ0) is 17.5. The van der Waals surface area contributed by atoms with Crippen LogP contribution in [0.5, 0.6) is 5.75 Å². The van der Waals surface area contributed by atoms with Gasteiger partial charge in [-0.3, -0.25) is 4.79 Å². The Morgan fingerprint density at radius 1 is 1.32 bits per heavy atom. The lowest BCUT2D eigenvalue weighted by Gasteiger charge is -2.31. The summed E-state index contributed by atoms with van der Waals surface area (Å²) in [5.41, 5.74) is 6.71. The molecule has 0 aromatic heterocycles. The average Bonchev–Trinajstić information content (AvgIpc) is 2.60. The van der Waals surface area contributed by atoms with Crippen molar-refractivity contribution in [2.75, 3.05) is 46.2 Å². The van der Waals surface area contributed by atoms with Crippen molar-refractivity contribution in [1.82, 2.24) is 4.90 Å². The summed E-state index contributed by atoms with van der Waals surface area (Å²) in [5, 5.41) is 0.394. The number of nitrogen functional groups attached to an aromatic ring is 1. The summed E-state index contributed by atoms with van der Waals surface area (Å²) >= 11 is 6.04. The molecule has 1 heterocycles. The van der Waals surface area contributed by atoms with E-state index >= 15 is 0 Å². The SMILES string of the molecule is COCCN1CCC(CCC(=O)c2cc(Cl)c(N)cc2OC)CC1.Cl. The number of anilines is 1. The van der Waals surface area contributed by atoms with Crippen molar-refractivity contribution < 1.29 is 14.3 Å². The molecule has 0 atom stereocenters. The minimum Gasteiger partial charge on any atom is -0.496 e. The van der Waals surface area contributed by atoms with Crippen LogP contribution in [-0.4, -0.2) is 51.1 Å². The first-order valence-corrected chi connectivity index (χ1v) is 8.80. The molecule has 0 unspecified atom stereocenters. The van der Waals surface area contributed by atoms with Crippen molar-refractivity contribution in [3.63, 3.8) is 0 Å². The minimum absolute atomic E-state index is 0. The fourth-order valence-electron chi connectivity index (χ4n) is 3.14. The predicted octanol–water partition coefficient (Wildman–Crippen LogP) is 3.67. The van der Waals surface area contributed by atoms with E-state index in [2.05, 4.69) is 4.90 Å². The zero-order valence-electron chi connectivity index (χ0n) is 14.9. The third-order valence-electron chi connectivity index (χ3n) is 4.72. The molecule has 1 aromatic carbocycles. The monoisotopic (exact) mass is 390 g/mol. The van der Waals surface area contributed by atoms with Crippen molar-refractivity contribution in [1.29, 1.82) is 0 Å². The number of hydrogen-bond donors (Lipinski definition) is 1. The van der Waals surface area contributed by atoms with Gasteiger partial charge in [-0.25, -0.2) is 0 Å². The fourth-order valence-corrected chi connectivity index (χ4v) is 3.31. The van der Waals surface area contributed by atoms with Gasteiger partial charge < -0.3 is 20.1 Å². The molecular weight excluding hydrogens is 363 g/mol. The van der Waals surface area contributed by atoms with Crippen LogP contribution in [0.4, 0.5) is 5.69 Å². The summed E-state index contributed by atoms with van der Waals surface area (Å²) in [6.45, 7) is 3.93. The quantitative estimate of drug-likeness (QED) is 0.541. The van der Waals surface area contributed by atoms with Gasteiger partial charge in [0.25, 0.3) is 0 Å². The molecule has 0 bridgehead atoms. The van der Waals surface area contributed by atoms with Gasteiger partial charge in [0, 0.05) is 26.1 Å². The number of carbonyl (C=O) groups is 1. The third-order valence-corrected chi connectivity index (χ3v) is 5.04. The van der Waals surface area contributed by atoms with Gasteiger partial charge in [-0.2, -0.15) is 0 Å². The van der Waals surface area contributed by atoms with E-state index in [9.17, 15) is 4.79 Å². The van der Waals surface area contributed by atoms with Crippen LogP contribution in [-0.2, 0) is 4.74 Å². The number of benzene rings is 1. The van der Waals surface area contributed by atoms with Gasteiger partial charge in [-0.1, -0.05) is 11.6 Å². The van der Waals surface area contributed by atoms with E-state index in [0.29, 0.717) is 34.4 Å². The first kappa shape index (κ1) is 22.0. The third kappa shape index (κ3) is 6.33. The lowest BCUT2D eigenvalue weighted by Crippen LogP contribution is -2.36. The molecule has 0 radical (unpaired) electrons. The molecule has 0 aliphatic carbocycles. The number of Topliss-reactive ketones (excluding diaryl/α,β-unsaturated/α-hetero) is 1. The van der Waals surface area contributed by atoms with Crippen LogP contribution in [0.1, 0.15) is 36.0 Å². The van der Waals surface area contributed by atoms with Crippen LogP contribution >= 0.6 is 24.0 Å². The Balaban J connectivity index is 0.00000312. The average molecular weight is 391 g/mol. The maximum Gasteiger partial charge on any atom is 0.166 e. The Labute approximate surface area is 161 Å². The van der Waals surface area contributed by atoms with Crippen molar-refractivity contribution in [2.24, 2.45) is 5.92 Å². The molecule has 1 aliphatic heterocycles. The summed E-state index contributed by atoms with van der Waals surface area (Å²) in [6, 6.07) is 3.23. The minimum atomic E-state index is 0. The first-order chi connectivity index (χ1) is 11.5. The summed E-state index contributed by atoms with van der Waals surface area (Å²) < 4.78 is 10.4. The number of carbonyl (C=O) groups excluding carboxylic acids is 1. The molecule has 142 valence electrons. The number of likely N-dealkylation sites (tertiary alicyclic amines) is 1. The van der Waals surface area contributed by atoms with Gasteiger partial charge in [0.2, 0.25) is 0 Å². The highest BCUT2D eigenvalue weighted by Gasteiger charge is 2.21. The smallest absolute Gasteiger partial charge is 0.166 e. The molecule has 0 saturated carbocycles. The number of nitrogens with two attached hydrogens (primary N) is 1. The summed E-state index contributed by atoms with van der Waals surface area (Å²) in [6.07, 6.45) is 3.69. The van der Waals surface area contributed by atoms with Gasteiger partial charge in [-0.15, -0.1) is 12.4 Å². The lowest BCUT2D eigenvalue weighted by atomic mass is 9.90. The maximum absolute atomic E-state index is 12.5. The van der Waals surface area contributed by atoms with E-state index in [1.165, 1.54) is 7.11 Å². The largest absolute Gasteiger partial charge is 0.496 e. The van der Waals surface area contributed by atoms with Crippen molar-refractivity contribution in [3.05, 3.63) is 22.7 Å². The summed E-state index contributed by atoms with van der Waals surface area (Å²) in [5.74, 6) is 1.16. The van der Waals surface area contributed by atoms with Gasteiger partial charge >= 0.3 is 0 Å². The highest BCUT2D eigenvalue weighted by atomic mass is 35.5. The van der Waals surface area contributed by atoms with Crippen molar-refractivity contribution in [2.45, 2.75) is 25.7 Å². The number of ketones is 1. The molecule has 5 nitrogen and oxygen atoms in total. The molecule has 2 N–H and O–H groups in total. The highest BCUT2D eigenvalue weighted by Crippen LogP contribution is 2.31. The van der Waals surface area contributed by atoms with E-state index in [1.54, 1.807) is 19.2 Å². The Morgan fingerprint density at radius 2 is 2.00 bits per heavy atom. The number of piperidine rings is 1. The van der Waals surface area contributed by atoms with Crippen LogP contribution < -0.4 is 10.5 Å². The maximum atomic E-state index is 12.5. The number of hydrogen-bond acceptors (Lipinski definition) is 5. The number of ether oxygens (including phenoxy) is 2. The second kappa shape index (κ2) is 10.9. The van der Waals surface area contributed by atoms with Crippen LogP contribution in [0.15, 0.2) is 12.1 Å². The number of nitrogens with zero attached hydrogens (tertiary/aromatic N) is 1. The van der Waals surface area contributed by atoms with E-state index in [1.807, 2.05) is 0 Å². The van der Waals surface area contributed by atoms with Gasteiger partial charge in [-0.05, 0) is 44.3 Å². The second-order valence-electron chi connectivity index (χ2n) is 6.31. The van der Waals surface area contributed by atoms with E-state index in [-0.39, 0.29) is 18.2 Å². The molecule has 1 saturated heterocycles. The van der Waals surface area contributed by atoms with Crippen molar-refractivity contribution in [3.8, 4) is 5.75 Å². The van der Waals surface area contributed by atoms with Gasteiger partial charge in [0.05, 0.1) is 30.0 Å². The van der Waals surface area contributed by atoms with Crippen molar-refractivity contribution >= 4 is 35.5 Å². The van der Waals surface area contributed by atoms with E-state index in [0.717, 1.165) is 45.5 Å². The van der Waals surface area contributed by atoms with Crippen LogP contribution in [0.3, 0.4) is 0 Å². The van der Waals surface area contributed by atoms with E-state index in [4.69, 9.17) is 26.8 Å². The van der Waals surface area contributed by atoms with Crippen LogP contribution in [0, 0.1) is 5.92 Å². The lowest BCUT2D eigenvalue weighted by molar-refractivity contribution is 0.0947. The standard InChI is InChI=1S/C18H27ClN2O3.ClH/c1-23-10-9-21-7-5-13(6-8-21)3-4-17(22)14-11-15(19)16(20)12-18(14)24-2;/h11-13H,3-10,20H2,1-2H3;1H. The Bertz CT molecular complexity index is 561. The predicted molar refractivity (Wildman–Crippen MR) is 104 cm³/mol. The molecule has 25 heavy (non-hydrogen) atoms. The fraction of sp³-hybridized carbons (Fsp3) is 0.611. The summed E-state index contributed by atoms with van der Waals surface area (Å²) in [4.78, 5) is 15.0. The second-order valence-corrected chi connectivity index (χ2v) is 6.72. The Morgan fingerprint density at radius 3 is 2.60 bits per heavy atom. The number of methoxy groups -OCH3 is 2. The topological polar surface area (TPSA) is 64.8 Å². The van der Waals surface area contributed by atoms with Gasteiger partial charge in [0.1, 0.15) is 5.75 Å². The first-order valence-electron chi connectivity index (χ1n) is 8.42. The molecule has 1 aliphatic rings. The molecule has 7 heteroatoms. The molecule has 0 spiro atoms. The molecule has 1 aromatic rings. The zero-order valence-corrected chi connectivity index (χ0v) is 16.5. The molecular formula is C18H28Cl2N2O3. The van der Waals surface area contributed by atoms with Gasteiger partial charge in [0.15, 0.2) is 5.78 Å². The Kier molecular flexibility index (Phi) is 9.57. The van der Waals surface area contributed by atoms with Crippen LogP contribution in [0.2, 0.25) is 5.02 Å². The van der Waals surface area contributed by atoms with E-state index < -0.39 is 0 Å². The molecule has 1 fully saturated rings. The van der Waals surface area contributed by atoms with Crippen LogP contribution in [0.25, 0.3) is 0 Å². The number of halogens is 2. The number of rotatable bonds is 8. The molecule has 0 amide bonds. The summed E-state index contributed by atoms with van der Waals surface area (Å²) in [7, 11) is 3.27.